The molecule has 1 nitrogen and oxygen atoms in total. The van der Waals surface area contributed by atoms with Gasteiger partial charge in [0.25, 0.3) is 0 Å². The Morgan fingerprint density at radius 3 is 2.80 bits per heavy atom. The van der Waals surface area contributed by atoms with Crippen molar-refractivity contribution in [2.45, 2.75) is 39.0 Å². The van der Waals surface area contributed by atoms with Gasteiger partial charge in [-0.05, 0) is 32.1 Å². The third-order valence-electron chi connectivity index (χ3n) is 3.36. The van der Waals surface area contributed by atoms with Gasteiger partial charge in [0.1, 0.15) is 5.78 Å². The first-order valence-electron chi connectivity index (χ1n) is 4.27. The molecule has 1 heteroatoms. The largest absolute Gasteiger partial charge is 0.299 e. The zero-order valence-corrected chi connectivity index (χ0v) is 6.52. The molecule has 10 heavy (non-hydrogen) atoms. The molecule has 0 heterocycles. The lowest BCUT2D eigenvalue weighted by molar-refractivity contribution is -0.123. The van der Waals surface area contributed by atoms with Crippen LogP contribution < -0.4 is 0 Å². The number of hydrogen-bond donors (Lipinski definition) is 0. The lowest BCUT2D eigenvalue weighted by Gasteiger charge is -2.18. The van der Waals surface area contributed by atoms with Crippen LogP contribution in [0.4, 0.5) is 0 Å². The summed E-state index contributed by atoms with van der Waals surface area (Å²) in [5.41, 5.74) is 0.207. The highest BCUT2D eigenvalue weighted by Gasteiger charge is 2.57. The number of hydrogen-bond acceptors (Lipinski definition) is 1. The maximum absolute atomic E-state index is 11.2. The van der Waals surface area contributed by atoms with E-state index in [2.05, 4.69) is 0 Å². The first-order chi connectivity index (χ1) is 4.76. The van der Waals surface area contributed by atoms with Gasteiger partial charge in [0.05, 0.1) is 0 Å². The zero-order chi connectivity index (χ0) is 7.19. The van der Waals surface area contributed by atoms with E-state index in [1.165, 1.54) is 32.1 Å². The van der Waals surface area contributed by atoms with Crippen molar-refractivity contribution < 1.29 is 4.79 Å². The number of fused-ring (bicyclic) bond motifs is 1. The van der Waals surface area contributed by atoms with E-state index in [1.54, 1.807) is 6.92 Å². The van der Waals surface area contributed by atoms with Crippen molar-refractivity contribution in [2.75, 3.05) is 0 Å². The number of carbonyl (C=O) groups is 1. The van der Waals surface area contributed by atoms with Crippen LogP contribution in [0.15, 0.2) is 0 Å². The molecule has 0 aliphatic heterocycles. The van der Waals surface area contributed by atoms with Crippen molar-refractivity contribution in [3.05, 3.63) is 0 Å². The van der Waals surface area contributed by atoms with Gasteiger partial charge in [-0.25, -0.2) is 0 Å². The number of rotatable bonds is 1. The van der Waals surface area contributed by atoms with E-state index in [4.69, 9.17) is 0 Å². The molecule has 2 aliphatic carbocycles. The van der Waals surface area contributed by atoms with E-state index in [0.29, 0.717) is 5.78 Å². The second-order valence-corrected chi connectivity index (χ2v) is 3.86. The molecule has 2 rings (SSSR count). The molecule has 0 aromatic heterocycles. The minimum Gasteiger partial charge on any atom is -0.299 e. The van der Waals surface area contributed by atoms with Crippen LogP contribution in [-0.4, -0.2) is 5.78 Å². The molecule has 0 N–H and O–H groups in total. The van der Waals surface area contributed by atoms with Crippen molar-refractivity contribution in [3.63, 3.8) is 0 Å². The topological polar surface area (TPSA) is 17.1 Å². The Labute approximate surface area is 61.8 Å². The van der Waals surface area contributed by atoms with Crippen LogP contribution in [0.1, 0.15) is 39.0 Å². The molecular formula is C9H14O. The smallest absolute Gasteiger partial charge is 0.136 e. The summed E-state index contributed by atoms with van der Waals surface area (Å²) in [5, 5.41) is 0. The standard InChI is InChI=1S/C9H14O/c1-7(10)9-5-3-2-4-8(9)6-9/h8H,2-6H2,1H3/t8?,9-/m0/s1. The van der Waals surface area contributed by atoms with Crippen LogP contribution in [0.25, 0.3) is 0 Å². The molecule has 0 bridgehead atoms. The quantitative estimate of drug-likeness (QED) is 0.542. The van der Waals surface area contributed by atoms with Gasteiger partial charge in [0.15, 0.2) is 0 Å². The summed E-state index contributed by atoms with van der Waals surface area (Å²) in [7, 11) is 0. The summed E-state index contributed by atoms with van der Waals surface area (Å²) in [4.78, 5) is 11.2. The molecular weight excluding hydrogens is 124 g/mol. The second-order valence-electron chi connectivity index (χ2n) is 3.86. The molecule has 0 aromatic rings. The highest BCUT2D eigenvalue weighted by atomic mass is 16.1. The number of Topliss-reactive ketones (excluding diaryl/α,β-unsaturated/α-hetero) is 1. The van der Waals surface area contributed by atoms with Gasteiger partial charge in [-0.1, -0.05) is 12.8 Å². The minimum absolute atomic E-state index is 0.207. The monoisotopic (exact) mass is 138 g/mol. The van der Waals surface area contributed by atoms with Crippen molar-refractivity contribution in [2.24, 2.45) is 11.3 Å². The van der Waals surface area contributed by atoms with Crippen LogP contribution in [0.3, 0.4) is 0 Å². The van der Waals surface area contributed by atoms with E-state index in [1.807, 2.05) is 0 Å². The normalized spacial score (nSPS) is 44.3. The van der Waals surface area contributed by atoms with Gasteiger partial charge >= 0.3 is 0 Å². The molecule has 2 aliphatic rings. The van der Waals surface area contributed by atoms with Crippen LogP contribution in [0.2, 0.25) is 0 Å². The third-order valence-corrected chi connectivity index (χ3v) is 3.36. The first-order valence-corrected chi connectivity index (χ1v) is 4.27. The van der Waals surface area contributed by atoms with E-state index in [9.17, 15) is 4.79 Å². The van der Waals surface area contributed by atoms with Gasteiger partial charge in [0, 0.05) is 5.41 Å². The Morgan fingerprint density at radius 1 is 1.50 bits per heavy atom. The number of ketones is 1. The lowest BCUT2D eigenvalue weighted by Crippen LogP contribution is -2.17. The molecule has 0 aromatic carbocycles. The Kier molecular flexibility index (Phi) is 1.17. The Hall–Kier alpha value is -0.330. The fourth-order valence-electron chi connectivity index (χ4n) is 2.50. The highest BCUT2D eigenvalue weighted by molar-refractivity contribution is 5.85. The summed E-state index contributed by atoms with van der Waals surface area (Å²) in [6.45, 7) is 1.77. The predicted molar refractivity (Wildman–Crippen MR) is 39.7 cm³/mol. The van der Waals surface area contributed by atoms with E-state index in [0.717, 1.165) is 5.92 Å². The average molecular weight is 138 g/mol. The van der Waals surface area contributed by atoms with Crippen molar-refractivity contribution in [1.29, 1.82) is 0 Å². The molecule has 0 amide bonds. The summed E-state index contributed by atoms with van der Waals surface area (Å²) >= 11 is 0. The molecule has 2 atom stereocenters. The molecule has 2 saturated carbocycles. The summed E-state index contributed by atoms with van der Waals surface area (Å²) in [5.74, 6) is 1.25. The van der Waals surface area contributed by atoms with Crippen LogP contribution in [-0.2, 0) is 4.79 Å². The van der Waals surface area contributed by atoms with Crippen LogP contribution in [0.5, 0.6) is 0 Å². The molecule has 0 radical (unpaired) electrons. The summed E-state index contributed by atoms with van der Waals surface area (Å²) < 4.78 is 0. The highest BCUT2D eigenvalue weighted by Crippen LogP contribution is 2.61. The Morgan fingerprint density at radius 2 is 2.30 bits per heavy atom. The SMILES string of the molecule is CC(=O)[C@@]12CCCCC1C2. The summed E-state index contributed by atoms with van der Waals surface area (Å²) in [6.07, 6.45) is 6.37. The van der Waals surface area contributed by atoms with Gasteiger partial charge in [-0.2, -0.15) is 0 Å². The van der Waals surface area contributed by atoms with E-state index >= 15 is 0 Å². The molecule has 0 spiro atoms. The molecule has 1 unspecified atom stereocenters. The minimum atomic E-state index is 0.207. The third kappa shape index (κ3) is 0.664. The van der Waals surface area contributed by atoms with Gasteiger partial charge in [-0.3, -0.25) is 4.79 Å². The zero-order valence-electron chi connectivity index (χ0n) is 6.52. The van der Waals surface area contributed by atoms with Gasteiger partial charge in [0.2, 0.25) is 0 Å². The average Bonchev–Trinajstić information content (AvgIpc) is 2.61. The van der Waals surface area contributed by atoms with Crippen molar-refractivity contribution in [3.8, 4) is 0 Å². The van der Waals surface area contributed by atoms with Gasteiger partial charge < -0.3 is 0 Å². The van der Waals surface area contributed by atoms with E-state index < -0.39 is 0 Å². The van der Waals surface area contributed by atoms with E-state index in [-0.39, 0.29) is 5.41 Å². The number of carbonyl (C=O) groups excluding carboxylic acids is 1. The fourth-order valence-corrected chi connectivity index (χ4v) is 2.50. The molecule has 2 fully saturated rings. The predicted octanol–water partition coefficient (Wildman–Crippen LogP) is 2.16. The maximum atomic E-state index is 11.2. The van der Waals surface area contributed by atoms with Gasteiger partial charge in [-0.15, -0.1) is 0 Å². The maximum Gasteiger partial charge on any atom is 0.136 e. The van der Waals surface area contributed by atoms with Crippen LogP contribution >= 0.6 is 0 Å². The Bertz CT molecular complexity index is 174. The molecule has 0 saturated heterocycles. The fraction of sp³-hybridized carbons (Fsp3) is 0.889. The van der Waals surface area contributed by atoms with Crippen molar-refractivity contribution in [1.82, 2.24) is 0 Å². The Balaban J connectivity index is 2.12. The van der Waals surface area contributed by atoms with Crippen molar-refractivity contribution >= 4 is 5.78 Å². The second kappa shape index (κ2) is 1.84. The summed E-state index contributed by atoms with van der Waals surface area (Å²) in [6, 6.07) is 0. The first kappa shape index (κ1) is 6.38. The lowest BCUT2D eigenvalue weighted by atomic mass is 9.86. The van der Waals surface area contributed by atoms with Crippen LogP contribution in [0, 0.1) is 11.3 Å². The molecule has 56 valence electrons.